The smallest absolute Gasteiger partial charge is 0.308 e. The third-order valence-electron chi connectivity index (χ3n) is 27.8. The van der Waals surface area contributed by atoms with Crippen LogP contribution in [-0.2, 0) is 39.3 Å². The van der Waals surface area contributed by atoms with Crippen LogP contribution < -0.4 is 31.3 Å². The van der Waals surface area contributed by atoms with E-state index in [0.717, 1.165) is 130 Å². The average Bonchev–Trinajstić information content (AvgIpc) is 0.780. The first-order valence-corrected chi connectivity index (χ1v) is 46.4. The second-order valence-corrected chi connectivity index (χ2v) is 39.4. The molecule has 5 fully saturated rings. The summed E-state index contributed by atoms with van der Waals surface area (Å²) in [5.41, 5.74) is 26.4. The van der Waals surface area contributed by atoms with Crippen LogP contribution in [0.1, 0.15) is 322 Å². The Morgan fingerprint density at radius 2 is 0.672 bits per heavy atom. The molecule has 15 atom stereocenters. The van der Waals surface area contributed by atoms with Gasteiger partial charge in [0.2, 0.25) is 0 Å². The lowest BCUT2D eigenvalue weighted by Crippen LogP contribution is -2.36. The van der Waals surface area contributed by atoms with Gasteiger partial charge in [-0.25, -0.2) is 13.2 Å². The van der Waals surface area contributed by atoms with Crippen molar-refractivity contribution < 1.29 is 46.4 Å². The van der Waals surface area contributed by atoms with Crippen molar-refractivity contribution in [3.8, 4) is 5.75 Å². The number of aryl methyl sites for hydroxylation is 1. The number of ether oxygens (including phenoxy) is 6. The van der Waals surface area contributed by atoms with Gasteiger partial charge in [-0.15, -0.1) is 0 Å². The highest BCUT2D eigenvalue weighted by Gasteiger charge is 2.46. The number of hydrogen-bond donors (Lipinski definition) is 5. The van der Waals surface area contributed by atoms with Gasteiger partial charge in [-0.1, -0.05) is 217 Å². The van der Waals surface area contributed by atoms with Crippen molar-refractivity contribution in [2.45, 2.75) is 250 Å². The van der Waals surface area contributed by atoms with Crippen LogP contribution in [0.15, 0.2) is 212 Å². The molecule has 12 nitrogen and oxygen atoms in total. The average molecular weight is 1690 g/mol. The zero-order valence-electron chi connectivity index (χ0n) is 75.7. The highest BCUT2D eigenvalue weighted by Crippen LogP contribution is 2.56. The normalized spacial score (nSPS) is 25.3. The van der Waals surface area contributed by atoms with Gasteiger partial charge in [-0.05, 0) is 240 Å². The maximum Gasteiger partial charge on any atom is 0.308 e. The van der Waals surface area contributed by atoms with E-state index in [2.05, 4.69) is 244 Å². The number of anilines is 5. The predicted octanol–water partition coefficient (Wildman–Crippen LogP) is 28.2. The molecular weight excluding hydrogens is 1560 g/mol. The molecule has 9 unspecified atom stereocenters. The molecule has 5 N–H and O–H groups in total. The molecule has 0 bridgehead atoms. The van der Waals surface area contributed by atoms with Gasteiger partial charge >= 0.3 is 5.97 Å². The number of hydrogen-bond acceptors (Lipinski definition) is 12. The number of fused-ring (bicyclic) bond motifs is 15. The summed E-state index contributed by atoms with van der Waals surface area (Å²) in [6.45, 7) is 34.7. The summed E-state index contributed by atoms with van der Waals surface area (Å²) in [4.78, 5) is 11.2. The molecule has 5 saturated heterocycles. The largest absolute Gasteiger partial charge is 0.427 e. The Hall–Kier alpha value is -9.74. The molecule has 10 aliphatic heterocycles. The van der Waals surface area contributed by atoms with Crippen LogP contribution in [-0.4, -0.2) is 39.0 Å². The molecule has 0 amide bonds. The minimum atomic E-state index is -0.298. The lowest BCUT2D eigenvalue weighted by molar-refractivity contribution is -0.131. The first-order chi connectivity index (χ1) is 60.2. The van der Waals surface area contributed by atoms with Gasteiger partial charge in [-0.2, -0.15) is 0 Å². The van der Waals surface area contributed by atoms with Gasteiger partial charge in [0.15, 0.2) is 0 Å². The maximum atomic E-state index is 13.7. The Balaban J connectivity index is 0.000000115. The van der Waals surface area contributed by atoms with Crippen molar-refractivity contribution >= 4 is 34.4 Å². The van der Waals surface area contributed by atoms with Gasteiger partial charge in [0.1, 0.15) is 23.2 Å². The Morgan fingerprint density at radius 3 is 1.02 bits per heavy atom. The number of halogens is 3. The zero-order chi connectivity index (χ0) is 87.5. The molecule has 20 rings (SSSR count). The monoisotopic (exact) mass is 1690 g/mol. The van der Waals surface area contributed by atoms with Crippen LogP contribution in [0.2, 0.25) is 0 Å². The summed E-state index contributed by atoms with van der Waals surface area (Å²) in [6.07, 6.45) is 11.8. The van der Waals surface area contributed by atoms with Crippen molar-refractivity contribution in [3.63, 3.8) is 0 Å². The van der Waals surface area contributed by atoms with E-state index < -0.39 is 0 Å². The summed E-state index contributed by atoms with van der Waals surface area (Å²) in [6, 6.07) is 71.8. The Morgan fingerprint density at radius 1 is 0.344 bits per heavy atom. The molecule has 10 aromatic rings. The van der Waals surface area contributed by atoms with Crippen LogP contribution in [0.3, 0.4) is 0 Å². The van der Waals surface area contributed by atoms with Crippen LogP contribution in [0, 0.1) is 54.0 Å². The predicted molar refractivity (Wildman–Crippen MR) is 499 cm³/mol. The highest BCUT2D eigenvalue weighted by molar-refractivity contribution is 5.70. The summed E-state index contributed by atoms with van der Waals surface area (Å²) in [7, 11) is 0. The number of rotatable bonds is 9. The lowest BCUT2D eigenvalue weighted by atomic mass is 9.76. The van der Waals surface area contributed by atoms with Gasteiger partial charge in [0.25, 0.3) is 0 Å². The van der Waals surface area contributed by atoms with E-state index in [1.807, 2.05) is 36.4 Å². The van der Waals surface area contributed by atoms with Gasteiger partial charge in [0.05, 0.1) is 60.7 Å². The third-order valence-corrected chi connectivity index (χ3v) is 27.8. The maximum absolute atomic E-state index is 13.7. The fourth-order valence-electron chi connectivity index (χ4n) is 21.1. The minimum absolute atomic E-state index is 0.0990. The molecule has 10 aromatic carbocycles. The number of benzene rings is 10. The minimum Gasteiger partial charge on any atom is -0.427 e. The van der Waals surface area contributed by atoms with Gasteiger partial charge < -0.3 is 55.0 Å². The van der Waals surface area contributed by atoms with Crippen molar-refractivity contribution in [2.75, 3.05) is 59.6 Å². The molecule has 658 valence electrons. The fraction of sp³-hybridized carbons (Fsp3) is 0.445. The van der Waals surface area contributed by atoms with E-state index in [4.69, 9.17) is 28.4 Å². The summed E-state index contributed by atoms with van der Waals surface area (Å²) >= 11 is 0. The highest BCUT2D eigenvalue weighted by atomic mass is 19.1. The molecule has 125 heavy (non-hydrogen) atoms. The summed E-state index contributed by atoms with van der Waals surface area (Å²) < 4.78 is 77.2. The first-order valence-electron chi connectivity index (χ1n) is 46.4. The number of nitrogens with one attached hydrogen (secondary N) is 5. The molecule has 0 aromatic heterocycles. The number of carbonyl (C=O) groups is 1. The SMILES string of the molecule is CC(=O)Oc1ccc(C2Nc3ccc(C(C)(C)C)cc3C3OCCCC23)cc1.CC(C)(C)c1ccc2c(c1)C1OCCCC1C(c1ccc(F)cc1)N2.CC(C)c1ccc2c(c1)C1OCCCC1C(c1cccc(F)c1)N2.CC(C)c1ccc2c(c1)[C@@H]1OCCC[C@@H]1[C@@H](c1cccc(F)c1)N2.Cc1cc2c(cc1C(C)C)[C@H]1OCCC[C@H]1[C@H](c1ccccc1)N2. The number of esters is 1. The van der Waals surface area contributed by atoms with E-state index in [1.54, 1.807) is 36.4 Å². The van der Waals surface area contributed by atoms with E-state index in [9.17, 15) is 18.0 Å². The van der Waals surface area contributed by atoms with Crippen LogP contribution in [0.4, 0.5) is 41.6 Å². The van der Waals surface area contributed by atoms with Gasteiger partial charge in [0, 0.05) is 126 Å². The van der Waals surface area contributed by atoms with E-state index in [0.29, 0.717) is 59.1 Å². The molecule has 0 radical (unpaired) electrons. The standard InChI is InChI=1S/C24H29NO3.C22H26FNO.C22H27NO.2C21H24FNO/c1-15(26)28-18-10-7-16(8-11-18)22-19-6-5-13-27-23(19)20-14-17(24(2,3)4)9-12-21(20)25-22;1-22(2,3)15-8-11-19-18(13-15)21-17(5-4-12-25-21)20(24-19)14-6-9-16(23)10-7-14;1-14(2)18-13-19-20(12-15(18)3)23-21(16-8-5-4-6-9-16)17-10-7-11-24-22(17)19;2*1-13(2)14-8-9-19-18(12-14)21-17(7-4-10-24-21)20(23-19)15-5-3-6-16(22)11-15/h7-12,14,19,22-23,25H,5-6,13H2,1-4H3;6-11,13,17,20-21,24H,4-5,12H2,1-3H3;4-6,8-9,12-14,17,21-23H,7,10-11H2,1-3H3;2*3,5-6,8-9,11-13,17,20-21,23H,4,7,10H2,1-2H3/t;;17-,21-,22-;17-,20-,21-;/m..01./s1. The van der Waals surface area contributed by atoms with E-state index >= 15 is 0 Å². The molecular formula is C110H130F3N5O7. The second-order valence-electron chi connectivity index (χ2n) is 39.4. The quantitative estimate of drug-likeness (QED) is 0.0696. The molecule has 10 heterocycles. The number of carbonyl (C=O) groups excluding carboxylic acids is 1. The summed E-state index contributed by atoms with van der Waals surface area (Å²) in [5, 5.41) is 18.6. The molecule has 15 heteroatoms. The summed E-state index contributed by atoms with van der Waals surface area (Å²) in [5.74, 6) is 3.24. The van der Waals surface area contributed by atoms with Crippen molar-refractivity contribution in [2.24, 2.45) is 29.6 Å². The lowest BCUT2D eigenvalue weighted by Gasteiger charge is -2.44. The van der Waals surface area contributed by atoms with Crippen LogP contribution in [0.5, 0.6) is 5.75 Å². The van der Waals surface area contributed by atoms with Gasteiger partial charge in [-0.3, -0.25) is 4.79 Å². The molecule has 0 aliphatic carbocycles. The van der Waals surface area contributed by atoms with E-state index in [1.165, 1.54) is 103 Å². The fourth-order valence-corrected chi connectivity index (χ4v) is 21.1. The Labute approximate surface area is 740 Å². The molecule has 10 aliphatic rings. The topological polar surface area (TPSA) is 133 Å². The molecule has 0 saturated carbocycles. The van der Waals surface area contributed by atoms with Crippen molar-refractivity contribution in [3.05, 3.63) is 319 Å². The first kappa shape index (κ1) is 88.7. The Bertz CT molecular complexity index is 5250. The van der Waals surface area contributed by atoms with Crippen LogP contribution >= 0.6 is 0 Å². The molecule has 0 spiro atoms. The van der Waals surface area contributed by atoms with Crippen molar-refractivity contribution in [1.82, 2.24) is 0 Å². The van der Waals surface area contributed by atoms with Crippen molar-refractivity contribution in [1.29, 1.82) is 0 Å². The Kier molecular flexibility index (Phi) is 27.3. The zero-order valence-corrected chi connectivity index (χ0v) is 75.7. The van der Waals surface area contributed by atoms with Crippen LogP contribution in [0.25, 0.3) is 0 Å². The van der Waals surface area contributed by atoms with E-state index in [-0.39, 0.29) is 88.9 Å². The third kappa shape index (κ3) is 19.9. The second kappa shape index (κ2) is 38.4.